The molecule has 4 heterocycles. The highest BCUT2D eigenvalue weighted by atomic mass is 16.6. The van der Waals surface area contributed by atoms with Gasteiger partial charge >= 0.3 is 0 Å². The van der Waals surface area contributed by atoms with E-state index in [9.17, 15) is 9.90 Å². The zero-order chi connectivity index (χ0) is 15.0. The Morgan fingerprint density at radius 3 is 2.77 bits per heavy atom. The van der Waals surface area contributed by atoms with Crippen LogP contribution in [0.1, 0.15) is 18.4 Å². The Morgan fingerprint density at radius 1 is 1.32 bits per heavy atom. The monoisotopic (exact) mass is 300 g/mol. The number of amides is 1. The van der Waals surface area contributed by atoms with Crippen molar-refractivity contribution in [2.24, 2.45) is 5.41 Å². The van der Waals surface area contributed by atoms with Crippen LogP contribution in [-0.2, 0) is 16.0 Å². The molecule has 5 nitrogen and oxygen atoms in total. The normalized spacial score (nSPS) is 36.9. The number of fused-ring (bicyclic) bond motifs is 1. The maximum Gasteiger partial charge on any atom is 0.236 e. The minimum Gasteiger partial charge on any atom is -0.393 e. The third kappa shape index (κ3) is 1.29. The number of aliphatic hydroxyl groups excluding tert-OH is 1. The van der Waals surface area contributed by atoms with Crippen LogP contribution in [0.15, 0.2) is 24.3 Å². The summed E-state index contributed by atoms with van der Waals surface area (Å²) in [5.41, 5.74) is 0.983. The molecule has 0 atom stereocenters. The van der Waals surface area contributed by atoms with Gasteiger partial charge in [-0.15, -0.1) is 0 Å². The molecule has 116 valence electrons. The molecule has 0 radical (unpaired) electrons. The number of rotatable bonds is 2. The van der Waals surface area contributed by atoms with Gasteiger partial charge in [0.2, 0.25) is 5.91 Å². The van der Waals surface area contributed by atoms with Crippen LogP contribution in [0.4, 0.5) is 5.69 Å². The van der Waals surface area contributed by atoms with Crippen molar-refractivity contribution in [1.29, 1.82) is 0 Å². The molecule has 1 aromatic rings. The lowest BCUT2D eigenvalue weighted by atomic mass is 9.54. The number of hydrogen-bond acceptors (Lipinski definition) is 4. The lowest BCUT2D eigenvalue weighted by molar-refractivity contribution is -0.139. The molecule has 4 aliphatic heterocycles. The van der Waals surface area contributed by atoms with E-state index in [1.165, 1.54) is 5.56 Å². The maximum absolute atomic E-state index is 13.4. The van der Waals surface area contributed by atoms with E-state index in [1.807, 2.05) is 23.1 Å². The van der Waals surface area contributed by atoms with E-state index in [2.05, 4.69) is 11.4 Å². The Hall–Kier alpha value is -1.43. The number of anilines is 1. The van der Waals surface area contributed by atoms with Gasteiger partial charge in [-0.3, -0.25) is 4.79 Å². The van der Waals surface area contributed by atoms with E-state index in [0.717, 1.165) is 31.7 Å². The molecule has 0 unspecified atom stereocenters. The first-order valence-electron chi connectivity index (χ1n) is 8.05. The molecule has 6 rings (SSSR count). The van der Waals surface area contributed by atoms with Gasteiger partial charge in [0.25, 0.3) is 0 Å². The highest BCUT2D eigenvalue weighted by Crippen LogP contribution is 2.68. The number of hydrogen-bond donors (Lipinski definition) is 2. The highest BCUT2D eigenvalue weighted by Gasteiger charge is 2.80. The van der Waals surface area contributed by atoms with E-state index in [4.69, 9.17) is 4.74 Å². The van der Waals surface area contributed by atoms with Crippen LogP contribution in [0.25, 0.3) is 0 Å². The molecule has 1 aliphatic carbocycles. The third-order valence-corrected chi connectivity index (χ3v) is 6.18. The Bertz CT molecular complexity index is 662. The SMILES string of the molecule is O=C(N1CCc2ccccc21)C12CC(CO)(C1)OC21CNC1. The van der Waals surface area contributed by atoms with Gasteiger partial charge in [-0.25, -0.2) is 0 Å². The molecular weight excluding hydrogens is 280 g/mol. The summed E-state index contributed by atoms with van der Waals surface area (Å²) in [6, 6.07) is 8.16. The van der Waals surface area contributed by atoms with Crippen LogP contribution >= 0.6 is 0 Å². The van der Waals surface area contributed by atoms with Crippen LogP contribution in [0.3, 0.4) is 0 Å². The molecule has 5 heteroatoms. The van der Waals surface area contributed by atoms with Crippen molar-refractivity contribution in [3.63, 3.8) is 0 Å². The first kappa shape index (κ1) is 13.0. The third-order valence-electron chi connectivity index (χ3n) is 6.18. The summed E-state index contributed by atoms with van der Waals surface area (Å²) in [6.45, 7) is 2.21. The summed E-state index contributed by atoms with van der Waals surface area (Å²) in [5.74, 6) is 0.195. The van der Waals surface area contributed by atoms with Crippen LogP contribution < -0.4 is 10.2 Å². The molecule has 1 saturated carbocycles. The Morgan fingerprint density at radius 2 is 2.09 bits per heavy atom. The van der Waals surface area contributed by atoms with Gasteiger partial charge in [-0.1, -0.05) is 18.2 Å². The highest BCUT2D eigenvalue weighted by molar-refractivity contribution is 6.01. The smallest absolute Gasteiger partial charge is 0.236 e. The molecule has 1 aromatic carbocycles. The summed E-state index contributed by atoms with van der Waals surface area (Å²) >= 11 is 0. The predicted molar refractivity (Wildman–Crippen MR) is 80.7 cm³/mol. The van der Waals surface area contributed by atoms with Crippen molar-refractivity contribution in [3.8, 4) is 0 Å². The first-order valence-corrected chi connectivity index (χ1v) is 8.05. The molecule has 3 saturated heterocycles. The maximum atomic E-state index is 13.4. The second-order valence-corrected chi connectivity index (χ2v) is 7.31. The van der Waals surface area contributed by atoms with E-state index in [1.54, 1.807) is 0 Å². The Balaban J connectivity index is 1.52. The van der Waals surface area contributed by atoms with Crippen molar-refractivity contribution < 1.29 is 14.6 Å². The van der Waals surface area contributed by atoms with E-state index >= 15 is 0 Å². The minimum absolute atomic E-state index is 0.0143. The fraction of sp³-hybridized carbons (Fsp3) is 0.588. The largest absolute Gasteiger partial charge is 0.393 e. The van der Waals surface area contributed by atoms with Gasteiger partial charge in [0.05, 0.1) is 17.6 Å². The molecule has 2 bridgehead atoms. The van der Waals surface area contributed by atoms with E-state index in [0.29, 0.717) is 12.8 Å². The van der Waals surface area contributed by atoms with Crippen molar-refractivity contribution in [3.05, 3.63) is 29.8 Å². The van der Waals surface area contributed by atoms with Crippen LogP contribution in [-0.4, -0.2) is 48.5 Å². The van der Waals surface area contributed by atoms with Gasteiger partial charge in [0.1, 0.15) is 5.60 Å². The van der Waals surface area contributed by atoms with Crippen molar-refractivity contribution in [2.75, 3.05) is 31.1 Å². The molecular formula is C17H20N2O3. The summed E-state index contributed by atoms with van der Waals surface area (Å²) in [4.78, 5) is 15.3. The summed E-state index contributed by atoms with van der Waals surface area (Å²) in [5, 5.41) is 12.9. The molecule has 1 spiro atoms. The standard InChI is InChI=1S/C17H20N2O3/c20-11-15-7-16(8-15,17(22-15)9-18-10-17)14(21)19-6-5-12-3-1-2-4-13(12)19/h1-4,18,20H,5-11H2. The summed E-state index contributed by atoms with van der Waals surface area (Å²) in [7, 11) is 0. The van der Waals surface area contributed by atoms with Crippen molar-refractivity contribution in [1.82, 2.24) is 5.32 Å². The predicted octanol–water partition coefficient (Wildman–Crippen LogP) is 0.459. The second-order valence-electron chi connectivity index (χ2n) is 7.31. The summed E-state index contributed by atoms with van der Waals surface area (Å²) in [6.07, 6.45) is 2.25. The molecule has 2 N–H and O–H groups in total. The van der Waals surface area contributed by atoms with Gasteiger partial charge in [-0.2, -0.15) is 0 Å². The van der Waals surface area contributed by atoms with Crippen molar-refractivity contribution >= 4 is 11.6 Å². The Kier molecular flexibility index (Phi) is 2.32. The zero-order valence-electron chi connectivity index (χ0n) is 12.5. The number of para-hydroxylation sites is 1. The topological polar surface area (TPSA) is 61.8 Å². The quantitative estimate of drug-likeness (QED) is 0.833. The fourth-order valence-electron chi connectivity index (χ4n) is 5.01. The van der Waals surface area contributed by atoms with Gasteiger partial charge in [-0.05, 0) is 30.9 Å². The van der Waals surface area contributed by atoms with Crippen LogP contribution in [0.2, 0.25) is 0 Å². The molecule has 4 fully saturated rings. The second kappa shape index (κ2) is 3.91. The van der Waals surface area contributed by atoms with Crippen molar-refractivity contribution in [2.45, 2.75) is 30.5 Å². The molecule has 5 aliphatic rings. The Labute approximate surface area is 129 Å². The number of carbonyl (C=O) groups is 1. The van der Waals surface area contributed by atoms with E-state index in [-0.39, 0.29) is 12.5 Å². The first-order chi connectivity index (χ1) is 10.6. The number of aliphatic hydroxyl groups is 1. The van der Waals surface area contributed by atoms with Gasteiger partial charge in [0, 0.05) is 25.3 Å². The lowest BCUT2D eigenvalue weighted by Crippen LogP contribution is -2.70. The summed E-state index contributed by atoms with van der Waals surface area (Å²) < 4.78 is 6.21. The molecule has 0 aromatic heterocycles. The average molecular weight is 300 g/mol. The lowest BCUT2D eigenvalue weighted by Gasteiger charge is -2.51. The van der Waals surface area contributed by atoms with Gasteiger partial charge in [0.15, 0.2) is 0 Å². The van der Waals surface area contributed by atoms with Crippen LogP contribution in [0.5, 0.6) is 0 Å². The zero-order valence-corrected chi connectivity index (χ0v) is 12.5. The molecule has 1 amide bonds. The van der Waals surface area contributed by atoms with E-state index < -0.39 is 16.6 Å². The number of carbonyl (C=O) groups excluding carboxylic acids is 1. The number of ether oxygens (including phenoxy) is 1. The van der Waals surface area contributed by atoms with Gasteiger partial charge < -0.3 is 20.1 Å². The molecule has 22 heavy (non-hydrogen) atoms. The average Bonchev–Trinajstić information content (AvgIpc) is 3.11. The number of benzene rings is 1. The van der Waals surface area contributed by atoms with Crippen LogP contribution in [0, 0.1) is 5.41 Å². The number of nitrogens with one attached hydrogen (secondary N) is 1. The fourth-order valence-corrected chi connectivity index (χ4v) is 5.01. The minimum atomic E-state index is -0.475. The number of nitrogens with zero attached hydrogens (tertiary/aromatic N) is 1.